The number of piperidine rings is 1. The Hall–Kier alpha value is -2.20. The third-order valence-electron chi connectivity index (χ3n) is 4.63. The van der Waals surface area contributed by atoms with Crippen LogP contribution in [-0.4, -0.2) is 25.6 Å². The Labute approximate surface area is 160 Å². The van der Waals surface area contributed by atoms with Crippen LogP contribution in [0.25, 0.3) is 0 Å². The van der Waals surface area contributed by atoms with Gasteiger partial charge in [-0.1, -0.05) is 36.7 Å². The molecule has 1 heterocycles. The van der Waals surface area contributed by atoms with Crippen LogP contribution >= 0.6 is 11.6 Å². The van der Waals surface area contributed by atoms with Gasteiger partial charge >= 0.3 is 0 Å². The second-order valence-electron chi connectivity index (χ2n) is 6.52. The maximum atomic E-state index is 12.4. The van der Waals surface area contributed by atoms with Gasteiger partial charge in [0.05, 0.1) is 16.4 Å². The number of ether oxygens (including phenoxy) is 1. The molecule has 2 aromatic carbocycles. The third kappa shape index (κ3) is 4.70. The molecule has 1 saturated heterocycles. The van der Waals surface area contributed by atoms with E-state index < -0.39 is 0 Å². The first kappa shape index (κ1) is 18.6. The second-order valence-corrected chi connectivity index (χ2v) is 6.93. The lowest BCUT2D eigenvalue weighted by molar-refractivity contribution is -0.118. The fourth-order valence-electron chi connectivity index (χ4n) is 3.21. The molecule has 0 radical (unpaired) electrons. The molecule has 3 rings (SSSR count). The summed E-state index contributed by atoms with van der Waals surface area (Å²) in [6.07, 6.45) is 4.52. The van der Waals surface area contributed by atoms with E-state index in [0.717, 1.165) is 43.7 Å². The minimum absolute atomic E-state index is 0.0303. The molecule has 1 aliphatic rings. The summed E-state index contributed by atoms with van der Waals surface area (Å²) < 4.78 is 5.60. The fourth-order valence-corrected chi connectivity index (χ4v) is 3.51. The zero-order valence-electron chi connectivity index (χ0n) is 15.1. The molecule has 0 bridgehead atoms. The number of amides is 1. The number of carbonyl (C=O) groups excluding carboxylic acids is 1. The Bertz CT molecular complexity index is 740. The van der Waals surface area contributed by atoms with E-state index in [0.29, 0.717) is 10.8 Å². The molecule has 0 atom stereocenters. The maximum Gasteiger partial charge on any atom is 0.262 e. The van der Waals surface area contributed by atoms with E-state index in [1.807, 2.05) is 42.5 Å². The molecular weight excluding hydrogens is 348 g/mol. The highest BCUT2D eigenvalue weighted by atomic mass is 35.5. The molecule has 1 amide bonds. The van der Waals surface area contributed by atoms with Crippen LogP contribution in [0.5, 0.6) is 5.75 Å². The number of halogens is 1. The largest absolute Gasteiger partial charge is 0.484 e. The zero-order valence-corrected chi connectivity index (χ0v) is 15.9. The molecule has 4 nitrogen and oxygen atoms in total. The monoisotopic (exact) mass is 372 g/mol. The molecule has 2 aromatic rings. The number of nitrogens with one attached hydrogen (secondary N) is 1. The minimum Gasteiger partial charge on any atom is -0.484 e. The van der Waals surface area contributed by atoms with Crippen LogP contribution in [0.1, 0.15) is 31.7 Å². The summed E-state index contributed by atoms with van der Waals surface area (Å²) in [4.78, 5) is 14.6. The molecule has 0 aromatic heterocycles. The molecule has 138 valence electrons. The lowest BCUT2D eigenvalue weighted by atomic mass is 10.1. The number of para-hydroxylation sites is 1. The van der Waals surface area contributed by atoms with Crippen LogP contribution in [-0.2, 0) is 11.2 Å². The molecular formula is C21H25ClN2O2. The Balaban J connectivity index is 1.64. The van der Waals surface area contributed by atoms with E-state index in [9.17, 15) is 4.79 Å². The summed E-state index contributed by atoms with van der Waals surface area (Å²) in [6, 6.07) is 13.4. The number of benzene rings is 2. The molecule has 1 fully saturated rings. The summed E-state index contributed by atoms with van der Waals surface area (Å²) in [5, 5.41) is 3.62. The summed E-state index contributed by atoms with van der Waals surface area (Å²) >= 11 is 6.42. The van der Waals surface area contributed by atoms with E-state index in [4.69, 9.17) is 16.3 Å². The van der Waals surface area contributed by atoms with Crippen molar-refractivity contribution in [2.45, 2.75) is 32.6 Å². The van der Waals surface area contributed by atoms with Gasteiger partial charge < -0.3 is 15.0 Å². The standard InChI is InChI=1S/C21H25ClN2O2/c1-2-16-9-11-17(12-10-16)26-15-20(25)23-19-8-6-7-18(22)21(19)24-13-4-3-5-14-24/h6-12H,2-5,13-15H2,1H3,(H,23,25). The van der Waals surface area contributed by atoms with Crippen LogP contribution in [0.3, 0.4) is 0 Å². The number of hydrogen-bond donors (Lipinski definition) is 1. The molecule has 0 aliphatic carbocycles. The van der Waals surface area contributed by atoms with Crippen LogP contribution in [0, 0.1) is 0 Å². The van der Waals surface area contributed by atoms with Gasteiger partial charge in [0.2, 0.25) is 0 Å². The van der Waals surface area contributed by atoms with E-state index in [1.165, 1.54) is 12.0 Å². The van der Waals surface area contributed by atoms with E-state index >= 15 is 0 Å². The van der Waals surface area contributed by atoms with Crippen LogP contribution in [0.15, 0.2) is 42.5 Å². The van der Waals surface area contributed by atoms with E-state index in [2.05, 4.69) is 17.1 Å². The first-order valence-electron chi connectivity index (χ1n) is 9.22. The Morgan fingerprint density at radius 3 is 2.54 bits per heavy atom. The molecule has 1 aliphatic heterocycles. The maximum absolute atomic E-state index is 12.4. The van der Waals surface area contributed by atoms with Gasteiger partial charge in [0.1, 0.15) is 5.75 Å². The normalized spacial score (nSPS) is 14.2. The van der Waals surface area contributed by atoms with Crippen molar-refractivity contribution in [1.29, 1.82) is 0 Å². The number of nitrogens with zero attached hydrogens (tertiary/aromatic N) is 1. The van der Waals surface area contributed by atoms with Crippen LogP contribution in [0.4, 0.5) is 11.4 Å². The van der Waals surface area contributed by atoms with Gasteiger partial charge in [-0.2, -0.15) is 0 Å². The molecule has 0 saturated carbocycles. The third-order valence-corrected chi connectivity index (χ3v) is 4.94. The Kier molecular flexibility index (Phi) is 6.40. The van der Waals surface area contributed by atoms with Gasteiger partial charge in [0, 0.05) is 13.1 Å². The molecule has 1 N–H and O–H groups in total. The number of hydrogen-bond acceptors (Lipinski definition) is 3. The number of carbonyl (C=O) groups is 1. The Morgan fingerprint density at radius 1 is 1.12 bits per heavy atom. The van der Waals surface area contributed by atoms with Crippen molar-refractivity contribution in [2.24, 2.45) is 0 Å². The fraction of sp³-hybridized carbons (Fsp3) is 0.381. The molecule has 5 heteroatoms. The summed E-state index contributed by atoms with van der Waals surface area (Å²) in [6.45, 7) is 4.01. The van der Waals surface area contributed by atoms with Gasteiger partial charge in [0.25, 0.3) is 5.91 Å². The highest BCUT2D eigenvalue weighted by Gasteiger charge is 2.18. The predicted octanol–water partition coefficient (Wildman–Crippen LogP) is 4.91. The SMILES string of the molecule is CCc1ccc(OCC(=O)Nc2cccc(Cl)c2N2CCCCC2)cc1. The van der Waals surface area contributed by atoms with Crippen molar-refractivity contribution in [3.63, 3.8) is 0 Å². The van der Waals surface area contributed by atoms with Gasteiger partial charge in [-0.05, 0) is 55.5 Å². The predicted molar refractivity (Wildman–Crippen MR) is 107 cm³/mol. The number of rotatable bonds is 6. The lowest BCUT2D eigenvalue weighted by Gasteiger charge is -2.31. The second kappa shape index (κ2) is 8.95. The smallest absolute Gasteiger partial charge is 0.262 e. The topological polar surface area (TPSA) is 41.6 Å². The van der Waals surface area contributed by atoms with E-state index in [1.54, 1.807) is 0 Å². The van der Waals surface area contributed by atoms with Crippen molar-refractivity contribution in [2.75, 3.05) is 29.9 Å². The van der Waals surface area contributed by atoms with Crippen LogP contribution in [0.2, 0.25) is 5.02 Å². The molecule has 0 spiro atoms. The minimum atomic E-state index is -0.190. The number of anilines is 2. The highest BCUT2D eigenvalue weighted by Crippen LogP contribution is 2.35. The quantitative estimate of drug-likeness (QED) is 0.783. The molecule has 0 unspecified atom stereocenters. The van der Waals surface area contributed by atoms with Crippen molar-refractivity contribution in [3.05, 3.63) is 53.1 Å². The van der Waals surface area contributed by atoms with Crippen molar-refractivity contribution >= 4 is 28.9 Å². The van der Waals surface area contributed by atoms with Crippen molar-refractivity contribution in [3.8, 4) is 5.75 Å². The van der Waals surface area contributed by atoms with Gasteiger partial charge in [-0.25, -0.2) is 0 Å². The van der Waals surface area contributed by atoms with E-state index in [-0.39, 0.29) is 12.5 Å². The van der Waals surface area contributed by atoms with Gasteiger partial charge in [0.15, 0.2) is 6.61 Å². The highest BCUT2D eigenvalue weighted by molar-refractivity contribution is 6.34. The van der Waals surface area contributed by atoms with Crippen LogP contribution < -0.4 is 15.0 Å². The Morgan fingerprint density at radius 2 is 1.85 bits per heavy atom. The first-order chi connectivity index (χ1) is 12.7. The number of aryl methyl sites for hydroxylation is 1. The average molecular weight is 373 g/mol. The van der Waals surface area contributed by atoms with Gasteiger partial charge in [-0.15, -0.1) is 0 Å². The molecule has 26 heavy (non-hydrogen) atoms. The first-order valence-corrected chi connectivity index (χ1v) is 9.60. The lowest BCUT2D eigenvalue weighted by Crippen LogP contribution is -2.31. The summed E-state index contributed by atoms with van der Waals surface area (Å²) in [5.74, 6) is 0.504. The zero-order chi connectivity index (χ0) is 18.4. The summed E-state index contributed by atoms with van der Waals surface area (Å²) in [5.41, 5.74) is 2.90. The summed E-state index contributed by atoms with van der Waals surface area (Å²) in [7, 11) is 0. The van der Waals surface area contributed by atoms with Gasteiger partial charge in [-0.3, -0.25) is 4.79 Å². The van der Waals surface area contributed by atoms with Crippen molar-refractivity contribution < 1.29 is 9.53 Å². The van der Waals surface area contributed by atoms with Crippen molar-refractivity contribution in [1.82, 2.24) is 0 Å². The average Bonchev–Trinajstić information content (AvgIpc) is 2.67.